The first-order valence-electron chi connectivity index (χ1n) is 10.1. The smallest absolute Gasteiger partial charge is 0.284 e. The van der Waals surface area contributed by atoms with E-state index in [4.69, 9.17) is 16.3 Å². The number of aromatic nitrogens is 2. The average Bonchev–Trinajstić information content (AvgIpc) is 3.33. The number of nitrogens with zero attached hydrogens (tertiary/aromatic N) is 2. The van der Waals surface area contributed by atoms with Crippen molar-refractivity contribution in [3.05, 3.63) is 81.4 Å². The zero-order chi connectivity index (χ0) is 22.7. The number of carbonyl (C=O) groups excluding carboxylic acids is 1. The van der Waals surface area contributed by atoms with E-state index in [0.717, 1.165) is 10.7 Å². The van der Waals surface area contributed by atoms with Crippen LogP contribution in [-0.2, 0) is 4.74 Å². The monoisotopic (exact) mass is 457 g/mol. The second-order valence-corrected chi connectivity index (χ2v) is 7.97. The van der Waals surface area contributed by atoms with Crippen LogP contribution in [0.5, 0.6) is 0 Å². The molecule has 1 saturated heterocycles. The van der Waals surface area contributed by atoms with Crippen LogP contribution in [0.2, 0.25) is 5.02 Å². The summed E-state index contributed by atoms with van der Waals surface area (Å²) in [6, 6.07) is 13.0. The quantitative estimate of drug-likeness (QED) is 0.593. The molecule has 2 heterocycles. The normalized spacial score (nSPS) is 16.7. The molecule has 4 rings (SSSR count). The minimum Gasteiger partial charge on any atom is -0.394 e. The van der Waals surface area contributed by atoms with Crippen LogP contribution in [0.25, 0.3) is 16.9 Å². The van der Waals surface area contributed by atoms with Crippen LogP contribution in [-0.4, -0.2) is 46.7 Å². The van der Waals surface area contributed by atoms with Crippen molar-refractivity contribution in [2.75, 3.05) is 19.8 Å². The van der Waals surface area contributed by atoms with Gasteiger partial charge in [-0.2, -0.15) is 9.78 Å². The molecule has 0 bridgehead atoms. The first-order chi connectivity index (χ1) is 15.5. The maximum absolute atomic E-state index is 13.8. The number of aliphatic hydroxyl groups excluding tert-OH is 1. The molecule has 2 atom stereocenters. The number of benzene rings is 2. The Kier molecular flexibility index (Phi) is 6.64. The predicted molar refractivity (Wildman–Crippen MR) is 118 cm³/mol. The van der Waals surface area contributed by atoms with Gasteiger partial charge in [-0.3, -0.25) is 9.59 Å². The molecular weight excluding hydrogens is 437 g/mol. The highest BCUT2D eigenvalue weighted by Crippen LogP contribution is 2.21. The summed E-state index contributed by atoms with van der Waals surface area (Å²) in [4.78, 5) is 26.2. The lowest BCUT2D eigenvalue weighted by molar-refractivity contribution is 0.0875. The Hall–Kier alpha value is -3.07. The summed E-state index contributed by atoms with van der Waals surface area (Å²) in [5.74, 6) is -1.24. The number of rotatable bonds is 6. The van der Waals surface area contributed by atoms with E-state index in [0.29, 0.717) is 35.9 Å². The Balaban J connectivity index is 1.78. The van der Waals surface area contributed by atoms with Crippen molar-refractivity contribution in [3.63, 3.8) is 0 Å². The van der Waals surface area contributed by atoms with Crippen LogP contribution in [0.3, 0.4) is 0 Å². The molecule has 32 heavy (non-hydrogen) atoms. The Morgan fingerprint density at radius 2 is 2.06 bits per heavy atom. The van der Waals surface area contributed by atoms with Crippen molar-refractivity contribution < 1.29 is 19.0 Å². The Morgan fingerprint density at radius 3 is 2.72 bits per heavy atom. The van der Waals surface area contributed by atoms with Crippen molar-refractivity contribution in [1.82, 2.24) is 15.1 Å². The van der Waals surface area contributed by atoms with Crippen molar-refractivity contribution >= 4 is 17.5 Å². The van der Waals surface area contributed by atoms with Gasteiger partial charge in [-0.15, -0.1) is 0 Å². The molecule has 0 spiro atoms. The molecule has 0 saturated carbocycles. The van der Waals surface area contributed by atoms with E-state index >= 15 is 0 Å². The SMILES string of the molecule is O=C(N[C@H](CO)[C@H]1CCOC1)c1cc(-c2ccc(Cl)cc2)nn(-c2cccc(F)c2)c1=O. The largest absolute Gasteiger partial charge is 0.394 e. The van der Waals surface area contributed by atoms with E-state index < -0.39 is 23.3 Å². The van der Waals surface area contributed by atoms with Gasteiger partial charge in [-0.1, -0.05) is 29.8 Å². The number of hydrogen-bond acceptors (Lipinski definition) is 5. The molecule has 2 N–H and O–H groups in total. The van der Waals surface area contributed by atoms with Gasteiger partial charge < -0.3 is 15.2 Å². The topological polar surface area (TPSA) is 93.4 Å². The van der Waals surface area contributed by atoms with Gasteiger partial charge in [0, 0.05) is 23.1 Å². The van der Waals surface area contributed by atoms with Crippen LogP contribution < -0.4 is 10.9 Å². The summed E-state index contributed by atoms with van der Waals surface area (Å²) in [6.07, 6.45) is 0.700. The fourth-order valence-electron chi connectivity index (χ4n) is 3.63. The van der Waals surface area contributed by atoms with Crippen molar-refractivity contribution in [3.8, 4) is 16.9 Å². The summed E-state index contributed by atoms with van der Waals surface area (Å²) >= 11 is 5.97. The van der Waals surface area contributed by atoms with Crippen LogP contribution in [0, 0.1) is 11.7 Å². The van der Waals surface area contributed by atoms with Gasteiger partial charge >= 0.3 is 0 Å². The zero-order valence-corrected chi connectivity index (χ0v) is 17.8. The summed E-state index contributed by atoms with van der Waals surface area (Å²) in [5.41, 5.74) is 0.261. The molecule has 1 aliphatic rings. The molecule has 2 aromatic carbocycles. The molecule has 0 radical (unpaired) electrons. The molecule has 166 valence electrons. The van der Waals surface area contributed by atoms with Crippen molar-refractivity contribution in [2.24, 2.45) is 5.92 Å². The molecule has 1 fully saturated rings. The highest BCUT2D eigenvalue weighted by atomic mass is 35.5. The third kappa shape index (κ3) is 4.72. The number of amides is 1. The van der Waals surface area contributed by atoms with Gasteiger partial charge in [0.15, 0.2) is 0 Å². The van der Waals surface area contributed by atoms with E-state index in [9.17, 15) is 19.1 Å². The number of carbonyl (C=O) groups is 1. The number of aliphatic hydroxyl groups is 1. The van der Waals surface area contributed by atoms with Crippen LogP contribution in [0.15, 0.2) is 59.4 Å². The van der Waals surface area contributed by atoms with E-state index in [2.05, 4.69) is 10.4 Å². The van der Waals surface area contributed by atoms with Gasteiger partial charge in [-0.05, 0) is 42.8 Å². The van der Waals surface area contributed by atoms with Crippen LogP contribution in [0.4, 0.5) is 4.39 Å². The minimum absolute atomic E-state index is 0.0491. The van der Waals surface area contributed by atoms with Gasteiger partial charge in [-0.25, -0.2) is 4.39 Å². The average molecular weight is 458 g/mol. The fraction of sp³-hybridized carbons (Fsp3) is 0.261. The van der Waals surface area contributed by atoms with E-state index in [1.165, 1.54) is 24.3 Å². The molecule has 3 aromatic rings. The molecule has 1 aliphatic heterocycles. The lowest BCUT2D eigenvalue weighted by atomic mass is 9.99. The summed E-state index contributed by atoms with van der Waals surface area (Å²) in [6.45, 7) is 0.692. The lowest BCUT2D eigenvalue weighted by Crippen LogP contribution is -2.45. The molecular formula is C23H21ClFN3O4. The van der Waals surface area contributed by atoms with E-state index in [1.54, 1.807) is 24.3 Å². The molecule has 1 amide bonds. The summed E-state index contributed by atoms with van der Waals surface area (Å²) in [7, 11) is 0. The summed E-state index contributed by atoms with van der Waals surface area (Å²) < 4.78 is 20.2. The second-order valence-electron chi connectivity index (χ2n) is 7.53. The molecule has 0 aliphatic carbocycles. The Morgan fingerprint density at radius 1 is 1.28 bits per heavy atom. The third-order valence-electron chi connectivity index (χ3n) is 5.40. The number of nitrogens with one attached hydrogen (secondary N) is 1. The zero-order valence-electron chi connectivity index (χ0n) is 17.0. The predicted octanol–water partition coefficient (Wildman–Crippen LogP) is 2.82. The number of halogens is 2. The molecule has 9 heteroatoms. The molecule has 0 unspecified atom stereocenters. The van der Waals surface area contributed by atoms with Gasteiger partial charge in [0.25, 0.3) is 11.5 Å². The number of hydrogen-bond donors (Lipinski definition) is 2. The van der Waals surface area contributed by atoms with Gasteiger partial charge in [0.05, 0.1) is 30.6 Å². The van der Waals surface area contributed by atoms with Crippen LogP contribution in [0.1, 0.15) is 16.8 Å². The maximum atomic E-state index is 13.8. The first kappa shape index (κ1) is 22.1. The highest BCUT2D eigenvalue weighted by molar-refractivity contribution is 6.30. The van der Waals surface area contributed by atoms with Gasteiger partial charge in [0.2, 0.25) is 0 Å². The van der Waals surface area contributed by atoms with E-state index in [1.807, 2.05) is 0 Å². The van der Waals surface area contributed by atoms with Crippen molar-refractivity contribution in [2.45, 2.75) is 12.5 Å². The lowest BCUT2D eigenvalue weighted by Gasteiger charge is -2.21. The van der Waals surface area contributed by atoms with Crippen molar-refractivity contribution in [1.29, 1.82) is 0 Å². The minimum atomic E-state index is -0.704. The standard InChI is InChI=1S/C23H21ClFN3O4/c24-16-6-4-14(5-7-16)20-11-19(22(30)26-21(12-29)15-8-9-32-13-15)23(31)28(27-20)18-3-1-2-17(25)10-18/h1-7,10-11,15,21,29H,8-9,12-13H2,(H,26,30)/t15-,21+/m0/s1. The Bertz CT molecular complexity index is 1180. The first-order valence-corrected chi connectivity index (χ1v) is 10.5. The van der Waals surface area contributed by atoms with Gasteiger partial charge in [0.1, 0.15) is 11.4 Å². The molecule has 1 aromatic heterocycles. The third-order valence-corrected chi connectivity index (χ3v) is 5.65. The number of ether oxygens (including phenoxy) is 1. The highest BCUT2D eigenvalue weighted by Gasteiger charge is 2.28. The molecule has 7 nitrogen and oxygen atoms in total. The fourth-order valence-corrected chi connectivity index (χ4v) is 3.76. The summed E-state index contributed by atoms with van der Waals surface area (Å²) in [5, 5.41) is 17.4. The maximum Gasteiger partial charge on any atom is 0.284 e. The van der Waals surface area contributed by atoms with Crippen LogP contribution >= 0.6 is 11.6 Å². The van der Waals surface area contributed by atoms with E-state index in [-0.39, 0.29) is 23.8 Å². The Labute approximate surface area is 188 Å². The second kappa shape index (κ2) is 9.60.